The van der Waals surface area contributed by atoms with Gasteiger partial charge < -0.3 is 5.11 Å². The quantitative estimate of drug-likeness (QED) is 0.498. The average molecular weight is 203 g/mol. The van der Waals surface area contributed by atoms with Crippen LogP contribution in [0, 0.1) is 0 Å². The molecular formula is C8H11ClN2O2. The van der Waals surface area contributed by atoms with Crippen molar-refractivity contribution in [1.29, 1.82) is 0 Å². The van der Waals surface area contributed by atoms with Gasteiger partial charge in [-0.15, -0.1) is 12.4 Å². The summed E-state index contributed by atoms with van der Waals surface area (Å²) < 4.78 is 0. The highest BCUT2D eigenvalue weighted by atomic mass is 35.5. The first kappa shape index (κ1) is 11.9. The zero-order valence-electron chi connectivity index (χ0n) is 6.81. The van der Waals surface area contributed by atoms with Crippen LogP contribution in [0.4, 0.5) is 0 Å². The van der Waals surface area contributed by atoms with Gasteiger partial charge in [-0.25, -0.2) is 5.43 Å². The van der Waals surface area contributed by atoms with Crippen molar-refractivity contribution < 1.29 is 9.90 Å². The molecule has 72 valence electrons. The Hall–Kier alpha value is -1.10. The van der Waals surface area contributed by atoms with E-state index >= 15 is 0 Å². The van der Waals surface area contributed by atoms with Crippen LogP contribution in [-0.4, -0.2) is 11.1 Å². The van der Waals surface area contributed by atoms with E-state index in [1.54, 1.807) is 24.3 Å². The van der Waals surface area contributed by atoms with Crippen molar-refractivity contribution in [3.05, 3.63) is 35.9 Å². The van der Waals surface area contributed by atoms with E-state index in [2.05, 4.69) is 5.43 Å². The second-order valence-corrected chi connectivity index (χ2v) is 2.35. The second kappa shape index (κ2) is 5.53. The third kappa shape index (κ3) is 3.02. The summed E-state index contributed by atoms with van der Waals surface area (Å²) in [5.74, 6) is 4.09. The number of hydrogen-bond acceptors (Lipinski definition) is 3. The first-order valence-corrected chi connectivity index (χ1v) is 3.49. The Bertz CT molecular complexity index is 266. The molecule has 0 saturated heterocycles. The monoisotopic (exact) mass is 202 g/mol. The van der Waals surface area contributed by atoms with Crippen molar-refractivity contribution in [2.45, 2.75) is 6.04 Å². The van der Waals surface area contributed by atoms with Gasteiger partial charge in [0.1, 0.15) is 6.04 Å². The maximum absolute atomic E-state index is 10.6. The number of carboxylic acid groups (broad SMARTS) is 1. The minimum atomic E-state index is -0.983. The highest BCUT2D eigenvalue weighted by Gasteiger charge is 2.16. The number of carbonyl (C=O) groups is 1. The molecule has 0 aromatic heterocycles. The molecule has 4 nitrogen and oxygen atoms in total. The number of hydrazine groups is 1. The standard InChI is InChI=1S/C8H10N2O2.ClH/c9-10-7(8(11)12)6-4-2-1-3-5-6;/h1-5,7,10H,9H2,(H,11,12);1H. The number of nitrogens with one attached hydrogen (secondary N) is 1. The molecule has 4 N–H and O–H groups in total. The van der Waals surface area contributed by atoms with Crippen LogP contribution >= 0.6 is 12.4 Å². The lowest BCUT2D eigenvalue weighted by molar-refractivity contribution is -0.139. The predicted octanol–water partition coefficient (Wildman–Crippen LogP) is 0.697. The molecule has 1 atom stereocenters. The summed E-state index contributed by atoms with van der Waals surface area (Å²) in [5.41, 5.74) is 2.86. The number of benzene rings is 1. The summed E-state index contributed by atoms with van der Waals surface area (Å²) >= 11 is 0. The van der Waals surface area contributed by atoms with E-state index in [-0.39, 0.29) is 12.4 Å². The van der Waals surface area contributed by atoms with Crippen LogP contribution in [0.1, 0.15) is 11.6 Å². The number of nitrogens with two attached hydrogens (primary N) is 1. The fraction of sp³-hybridized carbons (Fsp3) is 0.125. The Labute approximate surface area is 82.1 Å². The summed E-state index contributed by atoms with van der Waals surface area (Å²) in [5, 5.41) is 8.68. The van der Waals surface area contributed by atoms with Crippen LogP contribution in [0.15, 0.2) is 30.3 Å². The number of aliphatic carboxylic acids is 1. The first-order valence-electron chi connectivity index (χ1n) is 3.49. The van der Waals surface area contributed by atoms with Gasteiger partial charge in [0.15, 0.2) is 0 Å². The molecule has 0 radical (unpaired) electrons. The van der Waals surface area contributed by atoms with Gasteiger partial charge in [-0.2, -0.15) is 0 Å². The van der Waals surface area contributed by atoms with Crippen molar-refractivity contribution in [3.63, 3.8) is 0 Å². The number of halogens is 1. The predicted molar refractivity (Wildman–Crippen MR) is 51.4 cm³/mol. The molecular weight excluding hydrogens is 192 g/mol. The van der Waals surface area contributed by atoms with E-state index < -0.39 is 12.0 Å². The lowest BCUT2D eigenvalue weighted by Crippen LogP contribution is -2.33. The highest BCUT2D eigenvalue weighted by Crippen LogP contribution is 2.10. The summed E-state index contributed by atoms with van der Waals surface area (Å²) in [6, 6.07) is 7.94. The third-order valence-corrected chi connectivity index (χ3v) is 1.55. The van der Waals surface area contributed by atoms with E-state index in [4.69, 9.17) is 10.9 Å². The van der Waals surface area contributed by atoms with Gasteiger partial charge in [-0.1, -0.05) is 30.3 Å². The van der Waals surface area contributed by atoms with Crippen molar-refractivity contribution in [2.75, 3.05) is 0 Å². The smallest absolute Gasteiger partial charge is 0.326 e. The Morgan fingerprint density at radius 2 is 1.92 bits per heavy atom. The van der Waals surface area contributed by atoms with Crippen molar-refractivity contribution >= 4 is 18.4 Å². The lowest BCUT2D eigenvalue weighted by Gasteiger charge is -2.09. The largest absolute Gasteiger partial charge is 0.480 e. The topological polar surface area (TPSA) is 75.3 Å². The van der Waals surface area contributed by atoms with Crippen LogP contribution in [0.5, 0.6) is 0 Å². The minimum Gasteiger partial charge on any atom is -0.480 e. The van der Waals surface area contributed by atoms with E-state index in [9.17, 15) is 4.79 Å². The molecule has 0 amide bonds. The molecule has 0 saturated carbocycles. The fourth-order valence-electron chi connectivity index (χ4n) is 0.956. The Morgan fingerprint density at radius 1 is 1.38 bits per heavy atom. The number of carboxylic acids is 1. The average Bonchev–Trinajstić information content (AvgIpc) is 2.07. The second-order valence-electron chi connectivity index (χ2n) is 2.35. The molecule has 0 bridgehead atoms. The van der Waals surface area contributed by atoms with E-state index in [0.29, 0.717) is 5.56 Å². The third-order valence-electron chi connectivity index (χ3n) is 1.55. The Balaban J connectivity index is 0.00000144. The van der Waals surface area contributed by atoms with Gasteiger partial charge in [0.25, 0.3) is 0 Å². The van der Waals surface area contributed by atoms with Crippen LogP contribution in [0.3, 0.4) is 0 Å². The van der Waals surface area contributed by atoms with Crippen LogP contribution in [0.2, 0.25) is 0 Å². The van der Waals surface area contributed by atoms with Gasteiger partial charge in [0.05, 0.1) is 0 Å². The normalized spacial score (nSPS) is 11.5. The molecule has 1 aromatic carbocycles. The summed E-state index contributed by atoms with van der Waals surface area (Å²) in [7, 11) is 0. The Kier molecular flexibility index (Phi) is 5.06. The number of rotatable bonds is 3. The van der Waals surface area contributed by atoms with E-state index in [0.717, 1.165) is 0 Å². The van der Waals surface area contributed by atoms with Gasteiger partial charge in [0.2, 0.25) is 0 Å². The first-order chi connectivity index (χ1) is 5.75. The Morgan fingerprint density at radius 3 is 2.31 bits per heavy atom. The van der Waals surface area contributed by atoms with Crippen LogP contribution in [-0.2, 0) is 4.79 Å². The maximum Gasteiger partial charge on any atom is 0.326 e. The molecule has 1 aromatic rings. The van der Waals surface area contributed by atoms with Crippen molar-refractivity contribution in [3.8, 4) is 0 Å². The molecule has 1 unspecified atom stereocenters. The molecule has 13 heavy (non-hydrogen) atoms. The molecule has 0 aliphatic rings. The van der Waals surface area contributed by atoms with Crippen molar-refractivity contribution in [1.82, 2.24) is 5.43 Å². The van der Waals surface area contributed by atoms with Crippen molar-refractivity contribution in [2.24, 2.45) is 5.84 Å². The van der Waals surface area contributed by atoms with Crippen LogP contribution < -0.4 is 11.3 Å². The number of hydrogen-bond donors (Lipinski definition) is 3. The zero-order chi connectivity index (χ0) is 8.97. The molecule has 1 rings (SSSR count). The molecule has 0 heterocycles. The summed E-state index contributed by atoms with van der Waals surface area (Å²) in [4.78, 5) is 10.6. The minimum absolute atomic E-state index is 0. The van der Waals surface area contributed by atoms with Gasteiger partial charge in [-0.05, 0) is 5.56 Å². The van der Waals surface area contributed by atoms with E-state index in [1.165, 1.54) is 0 Å². The van der Waals surface area contributed by atoms with Crippen LogP contribution in [0.25, 0.3) is 0 Å². The zero-order valence-corrected chi connectivity index (χ0v) is 7.62. The molecule has 0 aliphatic heterocycles. The summed E-state index contributed by atoms with van der Waals surface area (Å²) in [6.07, 6.45) is 0. The molecule has 0 aliphatic carbocycles. The fourth-order valence-corrected chi connectivity index (χ4v) is 0.956. The van der Waals surface area contributed by atoms with Gasteiger partial charge in [-0.3, -0.25) is 10.6 Å². The molecule has 5 heteroatoms. The van der Waals surface area contributed by atoms with E-state index in [1.807, 2.05) is 6.07 Å². The van der Waals surface area contributed by atoms with Gasteiger partial charge in [0, 0.05) is 0 Å². The molecule has 0 spiro atoms. The molecule has 0 fully saturated rings. The SMILES string of the molecule is Cl.NNC(C(=O)O)c1ccccc1. The summed E-state index contributed by atoms with van der Waals surface area (Å²) in [6.45, 7) is 0. The van der Waals surface area contributed by atoms with Gasteiger partial charge >= 0.3 is 5.97 Å². The lowest BCUT2D eigenvalue weighted by atomic mass is 10.1. The maximum atomic E-state index is 10.6. The highest BCUT2D eigenvalue weighted by molar-refractivity contribution is 5.85.